The van der Waals surface area contributed by atoms with Crippen LogP contribution in [0.15, 0.2) is 48.6 Å². The lowest BCUT2D eigenvalue weighted by Crippen LogP contribution is -2.15. The first kappa shape index (κ1) is 22.5. The van der Waals surface area contributed by atoms with Gasteiger partial charge in [0, 0.05) is 16.7 Å². The highest BCUT2D eigenvalue weighted by Gasteiger charge is 2.30. The third kappa shape index (κ3) is 5.91. The molecule has 0 fully saturated rings. The second-order valence-electron chi connectivity index (χ2n) is 8.10. The summed E-state index contributed by atoms with van der Waals surface area (Å²) in [5.74, 6) is 0.168. The van der Waals surface area contributed by atoms with E-state index in [9.17, 15) is 9.59 Å². The minimum Gasteiger partial charge on any atom is -0.465 e. The van der Waals surface area contributed by atoms with Gasteiger partial charge in [0.15, 0.2) is 5.78 Å². The molecular weight excluding hydrogens is 392 g/mol. The Bertz CT molecular complexity index is 863. The SMILES string of the molecule is CCCCCCc1ccc([C@H]2C=CC(=O)[C@@H]2CCCc2ccc(C(=O)OC)s2)cc1. The molecule has 30 heavy (non-hydrogen) atoms. The van der Waals surface area contributed by atoms with Gasteiger partial charge in [-0.25, -0.2) is 4.79 Å². The van der Waals surface area contributed by atoms with E-state index in [2.05, 4.69) is 37.3 Å². The van der Waals surface area contributed by atoms with Crippen LogP contribution in [0.3, 0.4) is 0 Å². The van der Waals surface area contributed by atoms with Crippen molar-refractivity contribution in [3.8, 4) is 0 Å². The van der Waals surface area contributed by atoms with Crippen LogP contribution in [0.1, 0.15) is 77.0 Å². The quantitative estimate of drug-likeness (QED) is 0.305. The second-order valence-corrected chi connectivity index (χ2v) is 9.26. The highest BCUT2D eigenvalue weighted by Crippen LogP contribution is 2.36. The first-order chi connectivity index (χ1) is 14.6. The molecule has 160 valence electrons. The molecule has 4 heteroatoms. The monoisotopic (exact) mass is 424 g/mol. The van der Waals surface area contributed by atoms with Crippen molar-refractivity contribution < 1.29 is 14.3 Å². The van der Waals surface area contributed by atoms with Crippen LogP contribution in [0.4, 0.5) is 0 Å². The van der Waals surface area contributed by atoms with E-state index >= 15 is 0 Å². The van der Waals surface area contributed by atoms with Crippen molar-refractivity contribution in [1.29, 1.82) is 0 Å². The Balaban J connectivity index is 1.53. The highest BCUT2D eigenvalue weighted by atomic mass is 32.1. The van der Waals surface area contributed by atoms with Crippen molar-refractivity contribution in [1.82, 2.24) is 0 Å². The molecule has 0 saturated carbocycles. The molecule has 0 saturated heterocycles. The normalized spacial score (nSPS) is 18.1. The number of hydrogen-bond acceptors (Lipinski definition) is 4. The number of thiophene rings is 1. The summed E-state index contributed by atoms with van der Waals surface area (Å²) in [5, 5.41) is 0. The molecule has 0 spiro atoms. The molecular formula is C26H32O3S. The van der Waals surface area contributed by atoms with Gasteiger partial charge in [-0.05, 0) is 61.4 Å². The maximum Gasteiger partial charge on any atom is 0.348 e. The summed E-state index contributed by atoms with van der Waals surface area (Å²) in [7, 11) is 1.40. The Morgan fingerprint density at radius 2 is 1.80 bits per heavy atom. The number of aryl methyl sites for hydroxylation is 2. The van der Waals surface area contributed by atoms with Gasteiger partial charge in [0.25, 0.3) is 0 Å². The van der Waals surface area contributed by atoms with Gasteiger partial charge < -0.3 is 4.74 Å². The average Bonchev–Trinajstić information content (AvgIpc) is 3.38. The topological polar surface area (TPSA) is 43.4 Å². The molecule has 1 aromatic heterocycles. The van der Waals surface area contributed by atoms with Gasteiger partial charge in [-0.15, -0.1) is 11.3 Å². The Morgan fingerprint density at radius 1 is 1.00 bits per heavy atom. The van der Waals surface area contributed by atoms with E-state index in [0.29, 0.717) is 4.88 Å². The van der Waals surface area contributed by atoms with Crippen LogP contribution in [0.25, 0.3) is 0 Å². The van der Waals surface area contributed by atoms with Crippen molar-refractivity contribution in [3.05, 3.63) is 69.4 Å². The zero-order chi connectivity index (χ0) is 21.3. The van der Waals surface area contributed by atoms with Gasteiger partial charge >= 0.3 is 5.97 Å². The lowest BCUT2D eigenvalue weighted by molar-refractivity contribution is -0.117. The smallest absolute Gasteiger partial charge is 0.348 e. The summed E-state index contributed by atoms with van der Waals surface area (Å²) in [6.45, 7) is 2.24. The number of hydrogen-bond donors (Lipinski definition) is 0. The standard InChI is InChI=1S/C26H32O3S/c1-3-4-5-6-8-19-11-13-20(14-12-19)22-16-17-24(27)23(22)10-7-9-21-15-18-25(30-21)26(28)29-2/h11-18,22-23H,3-10H2,1-2H3/t22-,23-/m1/s1. The predicted octanol–water partition coefficient (Wildman–Crippen LogP) is 6.52. The fourth-order valence-electron chi connectivity index (χ4n) is 4.18. The summed E-state index contributed by atoms with van der Waals surface area (Å²) < 4.78 is 4.77. The number of allylic oxidation sites excluding steroid dienone is 2. The summed E-state index contributed by atoms with van der Waals surface area (Å²) in [6, 6.07) is 12.7. The number of methoxy groups -OCH3 is 1. The summed E-state index contributed by atoms with van der Waals surface area (Å²) in [4.78, 5) is 25.9. The van der Waals surface area contributed by atoms with Crippen LogP contribution in [0.2, 0.25) is 0 Å². The molecule has 0 aliphatic heterocycles. The fourth-order valence-corrected chi connectivity index (χ4v) is 5.15. The molecule has 2 aromatic rings. The largest absolute Gasteiger partial charge is 0.465 e. The molecule has 1 aromatic carbocycles. The summed E-state index contributed by atoms with van der Waals surface area (Å²) in [5.41, 5.74) is 2.63. The number of ketones is 1. The minimum atomic E-state index is -0.282. The molecule has 0 radical (unpaired) electrons. The van der Waals surface area contributed by atoms with Crippen molar-refractivity contribution in [2.24, 2.45) is 5.92 Å². The van der Waals surface area contributed by atoms with E-state index < -0.39 is 0 Å². The van der Waals surface area contributed by atoms with Crippen LogP contribution >= 0.6 is 11.3 Å². The molecule has 3 rings (SSSR count). The van der Waals surface area contributed by atoms with Gasteiger partial charge in [0.2, 0.25) is 0 Å². The van der Waals surface area contributed by atoms with Crippen LogP contribution in [-0.2, 0) is 22.4 Å². The van der Waals surface area contributed by atoms with E-state index in [0.717, 1.165) is 30.6 Å². The third-order valence-electron chi connectivity index (χ3n) is 5.94. The van der Waals surface area contributed by atoms with Crippen molar-refractivity contribution >= 4 is 23.1 Å². The Labute approximate surface area is 184 Å². The number of carbonyl (C=O) groups is 2. The van der Waals surface area contributed by atoms with Crippen LogP contribution in [0.5, 0.6) is 0 Å². The molecule has 1 aliphatic carbocycles. The molecule has 1 aliphatic rings. The Kier molecular flexibility index (Phi) is 8.44. The van der Waals surface area contributed by atoms with E-state index in [1.54, 1.807) is 6.08 Å². The molecule has 3 nitrogen and oxygen atoms in total. The van der Waals surface area contributed by atoms with E-state index in [-0.39, 0.29) is 23.6 Å². The van der Waals surface area contributed by atoms with E-state index in [1.807, 2.05) is 12.1 Å². The number of unbranched alkanes of at least 4 members (excludes halogenated alkanes) is 3. The number of benzene rings is 1. The Morgan fingerprint density at radius 3 is 2.53 bits per heavy atom. The maximum atomic E-state index is 12.5. The zero-order valence-corrected chi connectivity index (χ0v) is 18.9. The van der Waals surface area contributed by atoms with Crippen LogP contribution in [-0.4, -0.2) is 18.9 Å². The Hall–Kier alpha value is -2.20. The third-order valence-corrected chi connectivity index (χ3v) is 7.06. The lowest BCUT2D eigenvalue weighted by atomic mass is 9.84. The van der Waals surface area contributed by atoms with E-state index in [4.69, 9.17) is 4.74 Å². The first-order valence-corrected chi connectivity index (χ1v) is 11.9. The molecule has 2 atom stereocenters. The summed E-state index contributed by atoms with van der Waals surface area (Å²) >= 11 is 1.48. The van der Waals surface area contributed by atoms with Gasteiger partial charge in [-0.1, -0.05) is 56.5 Å². The predicted molar refractivity (Wildman–Crippen MR) is 123 cm³/mol. The number of carbonyl (C=O) groups excluding carboxylic acids is 2. The minimum absolute atomic E-state index is 0.0282. The molecule has 0 amide bonds. The second kappa shape index (κ2) is 11.3. The zero-order valence-electron chi connectivity index (χ0n) is 18.1. The van der Waals surface area contributed by atoms with Crippen molar-refractivity contribution in [2.75, 3.05) is 7.11 Å². The summed E-state index contributed by atoms with van der Waals surface area (Å²) in [6.07, 6.45) is 12.8. The molecule has 0 unspecified atom stereocenters. The highest BCUT2D eigenvalue weighted by molar-refractivity contribution is 7.13. The van der Waals surface area contributed by atoms with Crippen LogP contribution in [0, 0.1) is 5.92 Å². The van der Waals surface area contributed by atoms with Gasteiger partial charge in [-0.2, -0.15) is 0 Å². The van der Waals surface area contributed by atoms with Crippen molar-refractivity contribution in [3.63, 3.8) is 0 Å². The maximum absolute atomic E-state index is 12.5. The number of esters is 1. The van der Waals surface area contributed by atoms with Gasteiger partial charge in [0.1, 0.15) is 4.88 Å². The lowest BCUT2D eigenvalue weighted by Gasteiger charge is -2.19. The van der Waals surface area contributed by atoms with Gasteiger partial charge in [0.05, 0.1) is 7.11 Å². The average molecular weight is 425 g/mol. The van der Waals surface area contributed by atoms with Crippen LogP contribution < -0.4 is 0 Å². The van der Waals surface area contributed by atoms with Gasteiger partial charge in [-0.3, -0.25) is 4.79 Å². The fraction of sp³-hybridized carbons (Fsp3) is 0.462. The number of ether oxygens (including phenoxy) is 1. The number of rotatable bonds is 11. The first-order valence-electron chi connectivity index (χ1n) is 11.1. The molecule has 1 heterocycles. The molecule has 0 N–H and O–H groups in total. The molecule has 0 bridgehead atoms. The van der Waals surface area contributed by atoms with Crippen molar-refractivity contribution in [2.45, 2.75) is 64.2 Å². The van der Waals surface area contributed by atoms with E-state index in [1.165, 1.54) is 55.3 Å².